The summed E-state index contributed by atoms with van der Waals surface area (Å²) >= 11 is 1.48. The number of benzene rings is 2. The van der Waals surface area contributed by atoms with E-state index in [9.17, 15) is 9.59 Å². The minimum absolute atomic E-state index is 0.329. The van der Waals surface area contributed by atoms with Crippen LogP contribution in [0, 0.1) is 0 Å². The number of carbonyl (C=O) groups excluding carboxylic acids is 2. The second kappa shape index (κ2) is 10.1. The number of methoxy groups -OCH3 is 4. The van der Waals surface area contributed by atoms with E-state index in [4.69, 9.17) is 18.9 Å². The zero-order chi connectivity index (χ0) is 22.4. The van der Waals surface area contributed by atoms with E-state index < -0.39 is 18.0 Å². The number of urea groups is 1. The minimum atomic E-state index is -0.701. The topological polar surface area (TPSA) is 95.1 Å². The quantitative estimate of drug-likeness (QED) is 0.477. The van der Waals surface area contributed by atoms with Crippen LogP contribution in [0.15, 0.2) is 58.6 Å². The van der Waals surface area contributed by atoms with E-state index in [1.165, 1.54) is 33.1 Å². The number of nitrogens with one attached hydrogen (secondary N) is 2. The van der Waals surface area contributed by atoms with Crippen LogP contribution < -0.4 is 24.8 Å². The zero-order valence-corrected chi connectivity index (χ0v) is 18.5. The van der Waals surface area contributed by atoms with Crippen LogP contribution in [0.1, 0.15) is 11.6 Å². The fraction of sp³-hybridized carbons (Fsp3) is 0.273. The molecule has 2 amide bonds. The maximum Gasteiger partial charge on any atom is 0.338 e. The lowest BCUT2D eigenvalue weighted by Crippen LogP contribution is -2.46. The fourth-order valence-electron chi connectivity index (χ4n) is 3.19. The van der Waals surface area contributed by atoms with Crippen LogP contribution in [0.4, 0.5) is 4.79 Å². The molecule has 0 unspecified atom stereocenters. The average molecular weight is 445 g/mol. The number of amides is 2. The standard InChI is InChI=1S/C22H24N2O6S/c1-27-14-6-8-15(9-7-14)31-12-16-19(21(25)30-4)20(24-22(26)23-16)13-5-10-17(28-2)18(11-13)29-3/h5-11,20H,12H2,1-4H3,(H2,23,24,26)/t20-/m0/s1. The van der Waals surface area contributed by atoms with Crippen molar-refractivity contribution in [2.75, 3.05) is 34.2 Å². The summed E-state index contributed by atoms with van der Waals surface area (Å²) in [5.41, 5.74) is 1.48. The van der Waals surface area contributed by atoms with Gasteiger partial charge in [-0.2, -0.15) is 0 Å². The van der Waals surface area contributed by atoms with Gasteiger partial charge >= 0.3 is 12.0 Å². The van der Waals surface area contributed by atoms with E-state index in [1.54, 1.807) is 25.3 Å². The molecule has 2 N–H and O–H groups in total. The smallest absolute Gasteiger partial charge is 0.338 e. The maximum atomic E-state index is 12.7. The predicted molar refractivity (Wildman–Crippen MR) is 117 cm³/mol. The van der Waals surface area contributed by atoms with Crippen molar-refractivity contribution in [3.8, 4) is 17.2 Å². The van der Waals surface area contributed by atoms with Crippen LogP contribution >= 0.6 is 11.8 Å². The largest absolute Gasteiger partial charge is 0.497 e. The summed E-state index contributed by atoms with van der Waals surface area (Å²) < 4.78 is 20.8. The lowest BCUT2D eigenvalue weighted by atomic mass is 9.95. The number of carbonyl (C=O) groups is 2. The molecule has 1 aliphatic heterocycles. The molecule has 164 valence electrons. The molecule has 9 heteroatoms. The Balaban J connectivity index is 1.96. The number of thioether (sulfide) groups is 1. The molecule has 3 rings (SSSR count). The highest BCUT2D eigenvalue weighted by molar-refractivity contribution is 7.99. The van der Waals surface area contributed by atoms with Crippen molar-refractivity contribution in [2.24, 2.45) is 0 Å². The Morgan fingerprint density at radius 2 is 1.68 bits per heavy atom. The summed E-state index contributed by atoms with van der Waals surface area (Å²) in [5, 5.41) is 5.55. The first-order valence-electron chi connectivity index (χ1n) is 9.38. The number of hydrogen-bond acceptors (Lipinski definition) is 7. The number of hydrogen-bond donors (Lipinski definition) is 2. The van der Waals surface area contributed by atoms with Gasteiger partial charge in [-0.3, -0.25) is 0 Å². The molecule has 1 atom stereocenters. The van der Waals surface area contributed by atoms with E-state index in [0.29, 0.717) is 34.1 Å². The third-order valence-corrected chi connectivity index (χ3v) is 5.78. The van der Waals surface area contributed by atoms with E-state index in [0.717, 1.165) is 10.6 Å². The van der Waals surface area contributed by atoms with Crippen LogP contribution in [-0.4, -0.2) is 46.2 Å². The molecule has 0 spiro atoms. The molecule has 0 bridgehead atoms. The highest BCUT2D eigenvalue weighted by atomic mass is 32.2. The van der Waals surface area contributed by atoms with Gasteiger partial charge in [-0.15, -0.1) is 11.8 Å². The lowest BCUT2D eigenvalue weighted by molar-refractivity contribution is -0.136. The maximum absolute atomic E-state index is 12.7. The highest BCUT2D eigenvalue weighted by Gasteiger charge is 2.34. The van der Waals surface area contributed by atoms with Gasteiger partial charge in [0.15, 0.2) is 11.5 Å². The molecule has 0 fully saturated rings. The molecule has 0 aliphatic carbocycles. The third kappa shape index (κ3) is 5.05. The van der Waals surface area contributed by atoms with Gasteiger partial charge in [0, 0.05) is 16.3 Å². The monoisotopic (exact) mass is 444 g/mol. The van der Waals surface area contributed by atoms with E-state index in [1.807, 2.05) is 24.3 Å². The summed E-state index contributed by atoms with van der Waals surface area (Å²) in [7, 11) is 5.98. The van der Waals surface area contributed by atoms with E-state index in [-0.39, 0.29) is 0 Å². The fourth-order valence-corrected chi connectivity index (χ4v) is 4.06. The van der Waals surface area contributed by atoms with E-state index in [2.05, 4.69) is 10.6 Å². The molecule has 0 saturated heterocycles. The summed E-state index contributed by atoms with van der Waals surface area (Å²) in [6, 6.07) is 11.7. The Kier molecular flexibility index (Phi) is 7.30. The Morgan fingerprint density at radius 1 is 0.968 bits per heavy atom. The first kappa shape index (κ1) is 22.4. The van der Waals surface area contributed by atoms with Crippen molar-refractivity contribution in [1.82, 2.24) is 10.6 Å². The molecule has 2 aromatic carbocycles. The molecule has 0 aromatic heterocycles. The number of esters is 1. The molecular weight excluding hydrogens is 420 g/mol. The van der Waals surface area contributed by atoms with Crippen LogP contribution in [0.3, 0.4) is 0 Å². The molecule has 31 heavy (non-hydrogen) atoms. The van der Waals surface area contributed by atoms with Crippen LogP contribution in [-0.2, 0) is 9.53 Å². The van der Waals surface area contributed by atoms with Crippen LogP contribution in [0.5, 0.6) is 17.2 Å². The third-order valence-electron chi connectivity index (χ3n) is 4.74. The first-order chi connectivity index (χ1) is 15.0. The van der Waals surface area contributed by atoms with Gasteiger partial charge in [-0.1, -0.05) is 6.07 Å². The zero-order valence-electron chi connectivity index (χ0n) is 17.7. The second-order valence-electron chi connectivity index (χ2n) is 6.49. The van der Waals surface area contributed by atoms with Crippen LogP contribution in [0.25, 0.3) is 0 Å². The Morgan fingerprint density at radius 3 is 2.29 bits per heavy atom. The molecule has 0 radical (unpaired) electrons. The van der Waals surface area contributed by atoms with Gasteiger partial charge < -0.3 is 29.6 Å². The molecule has 1 heterocycles. The molecule has 8 nitrogen and oxygen atoms in total. The highest BCUT2D eigenvalue weighted by Crippen LogP contribution is 2.35. The molecule has 2 aromatic rings. The summed E-state index contributed by atoms with van der Waals surface area (Å²) in [6.07, 6.45) is 0. The summed E-state index contributed by atoms with van der Waals surface area (Å²) in [5.74, 6) is 1.63. The number of ether oxygens (including phenoxy) is 4. The van der Waals surface area contributed by atoms with Crippen molar-refractivity contribution >= 4 is 23.8 Å². The van der Waals surface area contributed by atoms with Gasteiger partial charge in [0.1, 0.15) is 5.75 Å². The number of rotatable bonds is 8. The molecular formula is C22H24N2O6S. The molecule has 0 saturated carbocycles. The van der Waals surface area contributed by atoms with Gasteiger partial charge in [0.2, 0.25) is 0 Å². The predicted octanol–water partition coefficient (Wildman–Crippen LogP) is 3.29. The average Bonchev–Trinajstić information content (AvgIpc) is 2.81. The normalized spacial score (nSPS) is 15.6. The first-order valence-corrected chi connectivity index (χ1v) is 10.4. The Labute approximate surface area is 184 Å². The van der Waals surface area contributed by atoms with Gasteiger partial charge in [0.25, 0.3) is 0 Å². The Bertz CT molecular complexity index is 990. The van der Waals surface area contributed by atoms with Crippen molar-refractivity contribution in [2.45, 2.75) is 10.9 Å². The lowest BCUT2D eigenvalue weighted by Gasteiger charge is -2.29. The minimum Gasteiger partial charge on any atom is -0.497 e. The van der Waals surface area contributed by atoms with Crippen molar-refractivity contribution in [3.05, 3.63) is 59.3 Å². The van der Waals surface area contributed by atoms with Gasteiger partial charge in [0.05, 0.1) is 40.1 Å². The van der Waals surface area contributed by atoms with Crippen molar-refractivity contribution < 1.29 is 28.5 Å². The summed E-state index contributed by atoms with van der Waals surface area (Å²) in [4.78, 5) is 26.0. The van der Waals surface area contributed by atoms with Gasteiger partial charge in [-0.25, -0.2) is 9.59 Å². The van der Waals surface area contributed by atoms with Gasteiger partial charge in [-0.05, 0) is 42.0 Å². The SMILES string of the molecule is COC(=O)C1=C(CSc2ccc(OC)cc2)NC(=O)N[C@H]1c1ccc(OC)c(OC)c1. The molecule has 1 aliphatic rings. The Hall–Kier alpha value is -3.33. The van der Waals surface area contributed by atoms with Crippen molar-refractivity contribution in [3.63, 3.8) is 0 Å². The summed E-state index contributed by atoms with van der Waals surface area (Å²) in [6.45, 7) is 0. The van der Waals surface area contributed by atoms with E-state index >= 15 is 0 Å². The van der Waals surface area contributed by atoms with Crippen molar-refractivity contribution in [1.29, 1.82) is 0 Å². The second-order valence-corrected chi connectivity index (χ2v) is 7.54. The van der Waals surface area contributed by atoms with Crippen LogP contribution in [0.2, 0.25) is 0 Å².